The lowest BCUT2D eigenvalue weighted by molar-refractivity contribution is 0.406. The quantitative estimate of drug-likeness (QED) is 0.520. The van der Waals surface area contributed by atoms with E-state index >= 15 is 0 Å². The van der Waals surface area contributed by atoms with E-state index in [1.54, 1.807) is 0 Å². The zero-order valence-corrected chi connectivity index (χ0v) is 8.60. The first-order valence-corrected chi connectivity index (χ1v) is 4.09. The Bertz CT molecular complexity index is 135. The monoisotopic (exact) mass is 156 g/mol. The van der Waals surface area contributed by atoms with Crippen LogP contribution in [0.5, 0.6) is 0 Å². The first-order chi connectivity index (χ1) is 4.71. The third-order valence-electron chi connectivity index (χ3n) is 0.916. The summed E-state index contributed by atoms with van der Waals surface area (Å²) in [5, 5.41) is 8.31. The maximum Gasteiger partial charge on any atom is 0.0732 e. The molecule has 0 bridgehead atoms. The van der Waals surface area contributed by atoms with Crippen molar-refractivity contribution >= 4 is 0 Å². The Morgan fingerprint density at radius 1 is 0.909 bits per heavy atom. The van der Waals surface area contributed by atoms with Crippen LogP contribution in [0.1, 0.15) is 41.5 Å². The zero-order chi connectivity index (χ0) is 9.12. The summed E-state index contributed by atoms with van der Waals surface area (Å²) in [5.74, 6) is 0. The molecule has 66 valence electrons. The highest BCUT2D eigenvalue weighted by molar-refractivity contribution is 4.69. The van der Waals surface area contributed by atoms with E-state index in [9.17, 15) is 0 Å². The summed E-state index contributed by atoms with van der Waals surface area (Å²) in [6.45, 7) is 13.5. The van der Waals surface area contributed by atoms with Crippen molar-refractivity contribution in [2.45, 2.75) is 47.1 Å². The SMILES string of the molecule is CC(C)(C)CN=NC(C)(C)C. The summed E-state index contributed by atoms with van der Waals surface area (Å²) in [6, 6.07) is 0. The molecule has 0 fully saturated rings. The highest BCUT2D eigenvalue weighted by Crippen LogP contribution is 2.15. The van der Waals surface area contributed by atoms with Crippen molar-refractivity contribution in [3.05, 3.63) is 0 Å². The van der Waals surface area contributed by atoms with Crippen LogP contribution in [0.2, 0.25) is 0 Å². The van der Waals surface area contributed by atoms with Crippen LogP contribution in [-0.2, 0) is 0 Å². The topological polar surface area (TPSA) is 24.7 Å². The lowest BCUT2D eigenvalue weighted by Crippen LogP contribution is -2.12. The fraction of sp³-hybridized carbons (Fsp3) is 1.00. The fourth-order valence-electron chi connectivity index (χ4n) is 0.460. The first kappa shape index (κ1) is 10.6. The number of hydrogen-bond donors (Lipinski definition) is 0. The highest BCUT2D eigenvalue weighted by atomic mass is 15.1. The second-order valence-corrected chi connectivity index (χ2v) is 5.13. The van der Waals surface area contributed by atoms with E-state index in [1.807, 2.05) is 0 Å². The minimum Gasteiger partial charge on any atom is -0.193 e. The summed E-state index contributed by atoms with van der Waals surface area (Å²) in [5.41, 5.74) is 0.236. The Hall–Kier alpha value is -0.400. The standard InChI is InChI=1S/C9H20N2/c1-8(2,3)7-10-11-9(4,5)6/h7H2,1-6H3. The molecule has 0 aliphatic carbocycles. The van der Waals surface area contributed by atoms with E-state index in [-0.39, 0.29) is 11.0 Å². The van der Waals surface area contributed by atoms with E-state index in [0.717, 1.165) is 6.54 Å². The fourth-order valence-corrected chi connectivity index (χ4v) is 0.460. The van der Waals surface area contributed by atoms with Crippen LogP contribution in [-0.4, -0.2) is 12.1 Å². The molecule has 0 aliphatic rings. The molecule has 0 aromatic carbocycles. The molecule has 0 rings (SSSR count). The summed E-state index contributed by atoms with van der Waals surface area (Å²) in [6.07, 6.45) is 0. The molecule has 0 aromatic heterocycles. The molecule has 0 amide bonds. The smallest absolute Gasteiger partial charge is 0.0732 e. The maximum atomic E-state index is 4.17. The summed E-state index contributed by atoms with van der Waals surface area (Å²) < 4.78 is 0. The number of rotatable bonds is 1. The molecule has 0 radical (unpaired) electrons. The molecule has 0 saturated carbocycles. The van der Waals surface area contributed by atoms with Crippen molar-refractivity contribution in [2.75, 3.05) is 6.54 Å². The van der Waals surface area contributed by atoms with Gasteiger partial charge in [-0.2, -0.15) is 10.2 Å². The third kappa shape index (κ3) is 9.60. The van der Waals surface area contributed by atoms with E-state index in [1.165, 1.54) is 0 Å². The van der Waals surface area contributed by atoms with Gasteiger partial charge in [-0.1, -0.05) is 20.8 Å². The van der Waals surface area contributed by atoms with Crippen LogP contribution >= 0.6 is 0 Å². The Morgan fingerprint density at radius 3 is 1.64 bits per heavy atom. The van der Waals surface area contributed by atoms with Gasteiger partial charge in [-0.3, -0.25) is 0 Å². The first-order valence-electron chi connectivity index (χ1n) is 4.09. The second kappa shape index (κ2) is 3.33. The van der Waals surface area contributed by atoms with E-state index in [4.69, 9.17) is 0 Å². The molecule has 0 N–H and O–H groups in total. The number of hydrogen-bond acceptors (Lipinski definition) is 2. The Morgan fingerprint density at radius 2 is 1.36 bits per heavy atom. The average molecular weight is 156 g/mol. The van der Waals surface area contributed by atoms with Gasteiger partial charge in [0.05, 0.1) is 12.1 Å². The van der Waals surface area contributed by atoms with Crippen LogP contribution < -0.4 is 0 Å². The number of azo groups is 1. The van der Waals surface area contributed by atoms with Crippen LogP contribution in [0.25, 0.3) is 0 Å². The van der Waals surface area contributed by atoms with Gasteiger partial charge in [0.2, 0.25) is 0 Å². The second-order valence-electron chi connectivity index (χ2n) is 5.13. The Kier molecular flexibility index (Phi) is 3.21. The van der Waals surface area contributed by atoms with Crippen molar-refractivity contribution in [3.63, 3.8) is 0 Å². The van der Waals surface area contributed by atoms with Gasteiger partial charge in [0, 0.05) is 0 Å². The van der Waals surface area contributed by atoms with Gasteiger partial charge >= 0.3 is 0 Å². The van der Waals surface area contributed by atoms with Crippen LogP contribution in [0.15, 0.2) is 10.2 Å². The van der Waals surface area contributed by atoms with Gasteiger partial charge in [0.1, 0.15) is 0 Å². The van der Waals surface area contributed by atoms with Gasteiger partial charge in [0.25, 0.3) is 0 Å². The van der Waals surface area contributed by atoms with E-state index < -0.39 is 0 Å². The van der Waals surface area contributed by atoms with Gasteiger partial charge in [-0.15, -0.1) is 0 Å². The van der Waals surface area contributed by atoms with Crippen LogP contribution in [0.3, 0.4) is 0 Å². The highest BCUT2D eigenvalue weighted by Gasteiger charge is 2.10. The molecule has 2 nitrogen and oxygen atoms in total. The molecule has 0 heterocycles. The van der Waals surface area contributed by atoms with Crippen molar-refractivity contribution in [3.8, 4) is 0 Å². The van der Waals surface area contributed by atoms with E-state index in [2.05, 4.69) is 51.8 Å². The lowest BCUT2D eigenvalue weighted by Gasteiger charge is -2.15. The minimum absolute atomic E-state index is 0.0226. The van der Waals surface area contributed by atoms with Gasteiger partial charge in [0.15, 0.2) is 0 Å². The van der Waals surface area contributed by atoms with Gasteiger partial charge < -0.3 is 0 Å². The molecular weight excluding hydrogens is 136 g/mol. The zero-order valence-electron chi connectivity index (χ0n) is 8.60. The van der Waals surface area contributed by atoms with Crippen molar-refractivity contribution in [1.82, 2.24) is 0 Å². The third-order valence-corrected chi connectivity index (χ3v) is 0.916. The van der Waals surface area contributed by atoms with Crippen molar-refractivity contribution in [1.29, 1.82) is 0 Å². The van der Waals surface area contributed by atoms with Gasteiger partial charge in [-0.05, 0) is 26.2 Å². The molecule has 0 spiro atoms. The minimum atomic E-state index is -0.0226. The summed E-state index contributed by atoms with van der Waals surface area (Å²) in [4.78, 5) is 0. The van der Waals surface area contributed by atoms with Crippen molar-refractivity contribution < 1.29 is 0 Å². The number of nitrogens with zero attached hydrogens (tertiary/aromatic N) is 2. The van der Waals surface area contributed by atoms with Crippen LogP contribution in [0, 0.1) is 5.41 Å². The predicted octanol–water partition coefficient (Wildman–Crippen LogP) is 3.28. The molecule has 0 saturated heterocycles. The molecular formula is C9H20N2. The van der Waals surface area contributed by atoms with Crippen LogP contribution in [0.4, 0.5) is 0 Å². The molecule has 0 unspecified atom stereocenters. The normalized spacial score (nSPS) is 14.4. The molecule has 0 atom stereocenters. The maximum absolute atomic E-state index is 4.17. The molecule has 0 aliphatic heterocycles. The summed E-state index contributed by atoms with van der Waals surface area (Å²) in [7, 11) is 0. The molecule has 2 heteroatoms. The van der Waals surface area contributed by atoms with E-state index in [0.29, 0.717) is 0 Å². The Balaban J connectivity index is 3.80. The largest absolute Gasteiger partial charge is 0.193 e. The molecule has 0 aromatic rings. The van der Waals surface area contributed by atoms with Crippen molar-refractivity contribution in [2.24, 2.45) is 15.6 Å². The lowest BCUT2D eigenvalue weighted by atomic mass is 9.98. The summed E-state index contributed by atoms with van der Waals surface area (Å²) >= 11 is 0. The predicted molar refractivity (Wildman–Crippen MR) is 48.9 cm³/mol. The Labute approximate surface area is 70.1 Å². The average Bonchev–Trinajstić information content (AvgIpc) is 1.55. The molecule has 11 heavy (non-hydrogen) atoms. The van der Waals surface area contributed by atoms with Gasteiger partial charge in [-0.25, -0.2) is 0 Å².